The van der Waals surface area contributed by atoms with Gasteiger partial charge in [-0.15, -0.1) is 5.11 Å². The van der Waals surface area contributed by atoms with Crippen LogP contribution < -0.4 is 5.32 Å². The molecule has 5 nitrogen and oxygen atoms in total. The summed E-state index contributed by atoms with van der Waals surface area (Å²) in [6, 6.07) is 26.5. The fourth-order valence-electron chi connectivity index (χ4n) is 4.41. The van der Waals surface area contributed by atoms with Crippen molar-refractivity contribution in [2.75, 3.05) is 11.9 Å². The molecule has 0 radical (unpaired) electrons. The van der Waals surface area contributed by atoms with Gasteiger partial charge in [-0.1, -0.05) is 81.6 Å². The highest BCUT2D eigenvalue weighted by molar-refractivity contribution is 5.98. The molecule has 4 aromatic rings. The van der Waals surface area contributed by atoms with E-state index in [9.17, 15) is 0 Å². The van der Waals surface area contributed by atoms with Crippen molar-refractivity contribution in [3.05, 3.63) is 90.0 Å². The Bertz CT molecular complexity index is 1390. The van der Waals surface area contributed by atoms with Crippen molar-refractivity contribution in [3.63, 3.8) is 0 Å². The quantitative estimate of drug-likeness (QED) is 0.208. The van der Waals surface area contributed by atoms with Gasteiger partial charge in [0.2, 0.25) is 0 Å². The van der Waals surface area contributed by atoms with Crippen LogP contribution in [-0.4, -0.2) is 6.54 Å². The molecule has 4 aromatic carbocycles. The van der Waals surface area contributed by atoms with E-state index in [-0.39, 0.29) is 0 Å². The van der Waals surface area contributed by atoms with Gasteiger partial charge in [0.1, 0.15) is 5.69 Å². The average molecular weight is 492 g/mol. The zero-order valence-corrected chi connectivity index (χ0v) is 22.4. The Morgan fingerprint density at radius 2 is 1.49 bits per heavy atom. The standard InChI is InChI=1S/C32H37N5/c1-5-7-13-25(6-2)22-33-31-19-17-26-14-9-10-15-28(26)32(31)37-36-30-20-18-27(21-24(30)4)34-35-29-16-11-8-12-23(29)3/h8-12,14-21,25,33H,5-7,13,22H2,1-4H3. The Morgan fingerprint density at radius 1 is 0.730 bits per heavy atom. The van der Waals surface area contributed by atoms with Gasteiger partial charge >= 0.3 is 0 Å². The number of anilines is 1. The fourth-order valence-corrected chi connectivity index (χ4v) is 4.41. The van der Waals surface area contributed by atoms with Crippen molar-refractivity contribution >= 4 is 39.2 Å². The summed E-state index contributed by atoms with van der Waals surface area (Å²) < 4.78 is 0. The van der Waals surface area contributed by atoms with Gasteiger partial charge < -0.3 is 5.32 Å². The number of hydrogen-bond donors (Lipinski definition) is 1. The lowest BCUT2D eigenvalue weighted by atomic mass is 9.99. The lowest BCUT2D eigenvalue weighted by Crippen LogP contribution is -2.13. The Balaban J connectivity index is 1.58. The number of fused-ring (bicyclic) bond motifs is 1. The molecule has 0 aromatic heterocycles. The van der Waals surface area contributed by atoms with Gasteiger partial charge in [0, 0.05) is 11.9 Å². The van der Waals surface area contributed by atoms with Crippen LogP contribution in [-0.2, 0) is 0 Å². The molecule has 0 aliphatic rings. The molecule has 0 aliphatic carbocycles. The highest BCUT2D eigenvalue weighted by Gasteiger charge is 2.11. The van der Waals surface area contributed by atoms with Crippen LogP contribution in [0.4, 0.5) is 28.4 Å². The van der Waals surface area contributed by atoms with E-state index in [0.29, 0.717) is 5.92 Å². The number of nitrogens with zero attached hydrogens (tertiary/aromatic N) is 4. The Hall–Kier alpha value is -3.86. The third kappa shape index (κ3) is 6.88. The second-order valence-corrected chi connectivity index (χ2v) is 9.64. The molecule has 1 unspecified atom stereocenters. The van der Waals surface area contributed by atoms with E-state index < -0.39 is 0 Å². The largest absolute Gasteiger partial charge is 0.383 e. The second-order valence-electron chi connectivity index (χ2n) is 9.64. The molecular weight excluding hydrogens is 454 g/mol. The van der Waals surface area contributed by atoms with Crippen molar-refractivity contribution in [2.45, 2.75) is 53.4 Å². The van der Waals surface area contributed by atoms with Crippen molar-refractivity contribution in [3.8, 4) is 0 Å². The summed E-state index contributed by atoms with van der Waals surface area (Å²) in [5.41, 5.74) is 6.51. The van der Waals surface area contributed by atoms with Crippen molar-refractivity contribution < 1.29 is 0 Å². The summed E-state index contributed by atoms with van der Waals surface area (Å²) in [5.74, 6) is 0.653. The summed E-state index contributed by atoms with van der Waals surface area (Å²) in [6.07, 6.45) is 4.92. The zero-order valence-electron chi connectivity index (χ0n) is 22.4. The Labute approximate surface area is 220 Å². The number of aryl methyl sites for hydroxylation is 2. The maximum atomic E-state index is 4.77. The monoisotopic (exact) mass is 491 g/mol. The van der Waals surface area contributed by atoms with E-state index in [1.807, 2.05) is 56.3 Å². The summed E-state index contributed by atoms with van der Waals surface area (Å²) in [7, 11) is 0. The Morgan fingerprint density at radius 3 is 2.27 bits per heavy atom. The van der Waals surface area contributed by atoms with Crippen LogP contribution in [0.1, 0.15) is 50.7 Å². The highest BCUT2D eigenvalue weighted by Crippen LogP contribution is 2.36. The predicted octanol–water partition coefficient (Wildman–Crippen LogP) is 10.9. The molecule has 4 rings (SSSR count). The predicted molar refractivity (Wildman–Crippen MR) is 156 cm³/mol. The molecule has 1 atom stereocenters. The van der Waals surface area contributed by atoms with E-state index in [1.54, 1.807) is 0 Å². The summed E-state index contributed by atoms with van der Waals surface area (Å²) >= 11 is 0. The molecule has 37 heavy (non-hydrogen) atoms. The smallest absolute Gasteiger partial charge is 0.117 e. The van der Waals surface area contributed by atoms with E-state index in [0.717, 1.165) is 56.9 Å². The van der Waals surface area contributed by atoms with Crippen LogP contribution in [0.15, 0.2) is 99.3 Å². The summed E-state index contributed by atoms with van der Waals surface area (Å²) in [4.78, 5) is 0. The molecule has 0 saturated carbocycles. The maximum absolute atomic E-state index is 4.77. The molecular formula is C32H37N5. The highest BCUT2D eigenvalue weighted by atomic mass is 15.1. The lowest BCUT2D eigenvalue weighted by Gasteiger charge is -2.18. The van der Waals surface area contributed by atoms with Gasteiger partial charge in [-0.25, -0.2) is 0 Å². The first-order chi connectivity index (χ1) is 18.1. The van der Waals surface area contributed by atoms with Crippen LogP contribution in [0, 0.1) is 19.8 Å². The van der Waals surface area contributed by atoms with Crippen LogP contribution in [0.2, 0.25) is 0 Å². The number of azo groups is 2. The van der Waals surface area contributed by atoms with Gasteiger partial charge in [-0.3, -0.25) is 0 Å². The SMILES string of the molecule is CCCCC(CC)CNc1ccc2ccccc2c1N=Nc1ccc(N=Nc2ccccc2C)cc1C. The van der Waals surface area contributed by atoms with Crippen LogP contribution in [0.5, 0.6) is 0 Å². The molecule has 0 fully saturated rings. The molecule has 1 N–H and O–H groups in total. The second kappa shape index (κ2) is 12.9. The van der Waals surface area contributed by atoms with Crippen molar-refractivity contribution in [2.24, 2.45) is 26.4 Å². The van der Waals surface area contributed by atoms with Crippen molar-refractivity contribution in [1.82, 2.24) is 0 Å². The third-order valence-corrected chi connectivity index (χ3v) is 6.85. The first-order valence-electron chi connectivity index (χ1n) is 13.3. The zero-order chi connectivity index (χ0) is 26.0. The van der Waals surface area contributed by atoms with Gasteiger partial charge in [0.15, 0.2) is 0 Å². The molecule has 0 aliphatic heterocycles. The number of rotatable bonds is 11. The van der Waals surface area contributed by atoms with Crippen LogP contribution >= 0.6 is 0 Å². The lowest BCUT2D eigenvalue weighted by molar-refractivity contribution is 0.473. The molecule has 0 spiro atoms. The molecule has 0 heterocycles. The van der Waals surface area contributed by atoms with E-state index >= 15 is 0 Å². The molecule has 190 valence electrons. The number of nitrogens with one attached hydrogen (secondary N) is 1. The van der Waals surface area contributed by atoms with Crippen LogP contribution in [0.25, 0.3) is 10.8 Å². The summed E-state index contributed by atoms with van der Waals surface area (Å²) in [5, 5.41) is 24.2. The van der Waals surface area contributed by atoms with Crippen molar-refractivity contribution in [1.29, 1.82) is 0 Å². The molecule has 0 saturated heterocycles. The van der Waals surface area contributed by atoms with Gasteiger partial charge in [0.05, 0.1) is 22.7 Å². The minimum absolute atomic E-state index is 0.653. The molecule has 5 heteroatoms. The van der Waals surface area contributed by atoms with E-state index in [1.165, 1.54) is 25.7 Å². The van der Waals surface area contributed by atoms with Gasteiger partial charge in [-0.2, -0.15) is 15.3 Å². The first-order valence-corrected chi connectivity index (χ1v) is 13.3. The van der Waals surface area contributed by atoms with E-state index in [4.69, 9.17) is 5.11 Å². The molecule has 0 amide bonds. The number of hydrogen-bond acceptors (Lipinski definition) is 5. The first kappa shape index (κ1) is 26.2. The summed E-state index contributed by atoms with van der Waals surface area (Å²) in [6.45, 7) is 9.53. The number of unbranched alkanes of at least 4 members (excludes halogenated alkanes) is 1. The third-order valence-electron chi connectivity index (χ3n) is 6.85. The van der Waals surface area contributed by atoms with E-state index in [2.05, 4.69) is 70.9 Å². The fraction of sp³-hybridized carbons (Fsp3) is 0.312. The maximum Gasteiger partial charge on any atom is 0.117 e. The van der Waals surface area contributed by atoms with Crippen LogP contribution in [0.3, 0.4) is 0 Å². The normalized spacial score (nSPS) is 12.5. The topological polar surface area (TPSA) is 61.5 Å². The molecule has 0 bridgehead atoms. The minimum Gasteiger partial charge on any atom is -0.383 e. The number of benzene rings is 4. The van der Waals surface area contributed by atoms with Gasteiger partial charge in [-0.05, 0) is 73.0 Å². The Kier molecular flexibility index (Phi) is 9.14. The van der Waals surface area contributed by atoms with Gasteiger partial charge in [0.25, 0.3) is 0 Å². The minimum atomic E-state index is 0.653. The average Bonchev–Trinajstić information content (AvgIpc) is 2.92.